The Labute approximate surface area is 107 Å². The predicted octanol–water partition coefficient (Wildman–Crippen LogP) is 2.00. The highest BCUT2D eigenvalue weighted by molar-refractivity contribution is 5.82. The molecule has 1 N–H and O–H groups in total. The third kappa shape index (κ3) is 2.85. The SMILES string of the molecule is CCC(NC(C)C)(C(=O)OC)c1ccc(F)cn1. The molecular formula is C13H19FN2O2. The minimum atomic E-state index is -1.03. The summed E-state index contributed by atoms with van der Waals surface area (Å²) in [6, 6.07) is 2.86. The molecular weight excluding hydrogens is 235 g/mol. The number of esters is 1. The zero-order valence-corrected chi connectivity index (χ0v) is 11.2. The Hall–Kier alpha value is -1.49. The van der Waals surface area contributed by atoms with Crippen molar-refractivity contribution in [1.29, 1.82) is 0 Å². The monoisotopic (exact) mass is 254 g/mol. The van der Waals surface area contributed by atoms with Crippen LogP contribution in [0.25, 0.3) is 0 Å². The summed E-state index contributed by atoms with van der Waals surface area (Å²) in [7, 11) is 1.33. The molecule has 1 heterocycles. The van der Waals surface area contributed by atoms with Crippen LogP contribution in [0.1, 0.15) is 32.9 Å². The maximum absolute atomic E-state index is 12.9. The number of nitrogens with one attached hydrogen (secondary N) is 1. The standard InChI is InChI=1S/C13H19FN2O2/c1-5-13(12(17)18-4,16-9(2)3)11-7-6-10(14)8-15-11/h6-9,16H,5H2,1-4H3. The molecule has 1 aromatic rings. The molecule has 0 aliphatic rings. The molecule has 1 aromatic heterocycles. The molecule has 5 heteroatoms. The van der Waals surface area contributed by atoms with Crippen LogP contribution >= 0.6 is 0 Å². The third-order valence-corrected chi connectivity index (χ3v) is 2.76. The Kier molecular flexibility index (Phi) is 4.78. The molecule has 0 aliphatic heterocycles. The summed E-state index contributed by atoms with van der Waals surface area (Å²) in [5.74, 6) is -0.851. The van der Waals surface area contributed by atoms with Crippen LogP contribution in [0.3, 0.4) is 0 Å². The molecule has 1 rings (SSSR count). The van der Waals surface area contributed by atoms with Gasteiger partial charge in [-0.15, -0.1) is 0 Å². The maximum Gasteiger partial charge on any atom is 0.332 e. The number of halogens is 1. The van der Waals surface area contributed by atoms with Crippen LogP contribution in [0.4, 0.5) is 4.39 Å². The third-order valence-electron chi connectivity index (χ3n) is 2.76. The van der Waals surface area contributed by atoms with Gasteiger partial charge in [-0.3, -0.25) is 10.3 Å². The molecule has 18 heavy (non-hydrogen) atoms. The maximum atomic E-state index is 12.9. The fourth-order valence-corrected chi connectivity index (χ4v) is 1.96. The summed E-state index contributed by atoms with van der Waals surface area (Å²) >= 11 is 0. The number of rotatable bonds is 5. The number of carbonyl (C=O) groups excluding carboxylic acids is 1. The Morgan fingerprint density at radius 3 is 2.61 bits per heavy atom. The van der Waals surface area contributed by atoms with Crippen LogP contribution in [0.2, 0.25) is 0 Å². The van der Waals surface area contributed by atoms with E-state index in [1.54, 1.807) is 0 Å². The topological polar surface area (TPSA) is 51.2 Å². The largest absolute Gasteiger partial charge is 0.467 e. The van der Waals surface area contributed by atoms with Crippen molar-refractivity contribution in [2.24, 2.45) is 0 Å². The second-order valence-electron chi connectivity index (χ2n) is 4.41. The molecule has 1 unspecified atom stereocenters. The van der Waals surface area contributed by atoms with E-state index in [2.05, 4.69) is 10.3 Å². The van der Waals surface area contributed by atoms with Gasteiger partial charge in [0.15, 0.2) is 5.54 Å². The van der Waals surface area contributed by atoms with E-state index >= 15 is 0 Å². The van der Waals surface area contributed by atoms with E-state index in [0.717, 1.165) is 6.20 Å². The van der Waals surface area contributed by atoms with Crippen LogP contribution in [-0.4, -0.2) is 24.1 Å². The first-order valence-electron chi connectivity index (χ1n) is 5.94. The molecule has 0 aliphatic carbocycles. The first kappa shape index (κ1) is 14.6. The Morgan fingerprint density at radius 1 is 1.56 bits per heavy atom. The van der Waals surface area contributed by atoms with Crippen molar-refractivity contribution in [2.45, 2.75) is 38.8 Å². The minimum absolute atomic E-state index is 0.0657. The van der Waals surface area contributed by atoms with Crippen molar-refractivity contribution < 1.29 is 13.9 Å². The summed E-state index contributed by atoms with van der Waals surface area (Å²) in [6.45, 7) is 5.71. The lowest BCUT2D eigenvalue weighted by atomic mass is 9.90. The van der Waals surface area contributed by atoms with E-state index in [0.29, 0.717) is 12.1 Å². The molecule has 0 fully saturated rings. The smallest absolute Gasteiger partial charge is 0.332 e. The van der Waals surface area contributed by atoms with Gasteiger partial charge in [0, 0.05) is 6.04 Å². The zero-order chi connectivity index (χ0) is 13.8. The quantitative estimate of drug-likeness (QED) is 0.816. The van der Waals surface area contributed by atoms with Crippen LogP contribution in [0.5, 0.6) is 0 Å². The van der Waals surface area contributed by atoms with Crippen molar-refractivity contribution in [3.05, 3.63) is 29.8 Å². The van der Waals surface area contributed by atoms with Gasteiger partial charge in [0.25, 0.3) is 0 Å². The van der Waals surface area contributed by atoms with Crippen molar-refractivity contribution >= 4 is 5.97 Å². The van der Waals surface area contributed by atoms with Gasteiger partial charge in [0.1, 0.15) is 5.82 Å². The second kappa shape index (κ2) is 5.91. The van der Waals surface area contributed by atoms with Gasteiger partial charge < -0.3 is 4.74 Å². The number of nitrogens with zero attached hydrogens (tertiary/aromatic N) is 1. The average molecular weight is 254 g/mol. The summed E-state index contributed by atoms with van der Waals surface area (Å²) in [5.41, 5.74) is -0.566. The fraction of sp³-hybridized carbons (Fsp3) is 0.538. The first-order valence-corrected chi connectivity index (χ1v) is 5.94. The fourth-order valence-electron chi connectivity index (χ4n) is 1.96. The molecule has 0 spiro atoms. The van der Waals surface area contributed by atoms with Crippen molar-refractivity contribution in [1.82, 2.24) is 10.3 Å². The summed E-state index contributed by atoms with van der Waals surface area (Å²) in [4.78, 5) is 16.1. The highest BCUT2D eigenvalue weighted by atomic mass is 19.1. The number of methoxy groups -OCH3 is 1. The Balaban J connectivity index is 3.24. The van der Waals surface area contributed by atoms with Gasteiger partial charge in [-0.25, -0.2) is 9.18 Å². The highest BCUT2D eigenvalue weighted by Gasteiger charge is 2.41. The molecule has 0 aromatic carbocycles. The Morgan fingerprint density at radius 2 is 2.22 bits per heavy atom. The summed E-state index contributed by atoms with van der Waals surface area (Å²) in [6.07, 6.45) is 1.57. The summed E-state index contributed by atoms with van der Waals surface area (Å²) < 4.78 is 17.8. The van der Waals surface area contributed by atoms with Gasteiger partial charge in [0.05, 0.1) is 19.0 Å². The number of ether oxygens (including phenoxy) is 1. The molecule has 0 bridgehead atoms. The van der Waals surface area contributed by atoms with Gasteiger partial charge in [-0.05, 0) is 32.4 Å². The number of hydrogen-bond acceptors (Lipinski definition) is 4. The first-order chi connectivity index (χ1) is 8.46. The van der Waals surface area contributed by atoms with Gasteiger partial charge in [0.2, 0.25) is 0 Å². The lowest BCUT2D eigenvalue weighted by Crippen LogP contribution is -2.52. The van der Waals surface area contributed by atoms with Crippen molar-refractivity contribution in [2.75, 3.05) is 7.11 Å². The minimum Gasteiger partial charge on any atom is -0.467 e. The molecule has 1 atom stereocenters. The van der Waals surface area contributed by atoms with Crippen LogP contribution in [0, 0.1) is 5.82 Å². The van der Waals surface area contributed by atoms with Crippen molar-refractivity contribution in [3.63, 3.8) is 0 Å². The van der Waals surface area contributed by atoms with Crippen LogP contribution < -0.4 is 5.32 Å². The van der Waals surface area contributed by atoms with Gasteiger partial charge in [-0.1, -0.05) is 6.92 Å². The van der Waals surface area contributed by atoms with Gasteiger partial charge >= 0.3 is 5.97 Å². The van der Waals surface area contributed by atoms with E-state index in [9.17, 15) is 9.18 Å². The normalized spacial score (nSPS) is 14.3. The van der Waals surface area contributed by atoms with Crippen LogP contribution in [0.15, 0.2) is 18.3 Å². The predicted molar refractivity (Wildman–Crippen MR) is 66.5 cm³/mol. The number of carbonyl (C=O) groups is 1. The number of pyridine rings is 1. The summed E-state index contributed by atoms with van der Waals surface area (Å²) in [5, 5.41) is 3.17. The van der Waals surface area contributed by atoms with Crippen LogP contribution in [-0.2, 0) is 15.1 Å². The van der Waals surface area contributed by atoms with E-state index in [-0.39, 0.29) is 6.04 Å². The molecule has 100 valence electrons. The van der Waals surface area contributed by atoms with Crippen molar-refractivity contribution in [3.8, 4) is 0 Å². The van der Waals surface area contributed by atoms with E-state index in [4.69, 9.17) is 4.74 Å². The number of hydrogen-bond donors (Lipinski definition) is 1. The van der Waals surface area contributed by atoms with Gasteiger partial charge in [-0.2, -0.15) is 0 Å². The Bertz CT molecular complexity index is 406. The molecule has 0 radical (unpaired) electrons. The molecule has 0 saturated carbocycles. The average Bonchev–Trinajstić information content (AvgIpc) is 2.35. The molecule has 0 saturated heterocycles. The van der Waals surface area contributed by atoms with E-state index < -0.39 is 17.3 Å². The highest BCUT2D eigenvalue weighted by Crippen LogP contribution is 2.26. The zero-order valence-electron chi connectivity index (χ0n) is 11.2. The molecule has 0 amide bonds. The lowest BCUT2D eigenvalue weighted by Gasteiger charge is -2.32. The number of aromatic nitrogens is 1. The molecule has 4 nitrogen and oxygen atoms in total. The lowest BCUT2D eigenvalue weighted by molar-refractivity contribution is -0.150. The van der Waals surface area contributed by atoms with E-state index in [1.165, 1.54) is 19.2 Å². The van der Waals surface area contributed by atoms with E-state index in [1.807, 2.05) is 20.8 Å². The second-order valence-corrected chi connectivity index (χ2v) is 4.41.